The number of benzene rings is 2. The molecule has 0 aliphatic heterocycles. The molecule has 1 aromatic heterocycles. The van der Waals surface area contributed by atoms with E-state index < -0.39 is 28.0 Å². The highest BCUT2D eigenvalue weighted by atomic mass is 32.2. The molecule has 2 aromatic carbocycles. The number of nitrogens with one attached hydrogen (secondary N) is 1. The molecule has 3 rings (SSSR count). The monoisotopic (exact) mass is 542 g/mol. The van der Waals surface area contributed by atoms with Gasteiger partial charge < -0.3 is 10.5 Å². The maximum absolute atomic E-state index is 13.4. The smallest absolute Gasteiger partial charge is 0.383 e. The van der Waals surface area contributed by atoms with Gasteiger partial charge in [0.15, 0.2) is 0 Å². The molecule has 7 nitrogen and oxygen atoms in total. The quantitative estimate of drug-likeness (QED) is 0.150. The third-order valence-electron chi connectivity index (χ3n) is 4.75. The Morgan fingerprint density at radius 1 is 1.11 bits per heavy atom. The first-order chi connectivity index (χ1) is 16.3. The second-order valence-electron chi connectivity index (χ2n) is 7.08. The molecular formula is C22H17F3N2O5S3. The lowest BCUT2D eigenvalue weighted by atomic mass is 9.95. The molecular weight excluding hydrogens is 525 g/mol. The second kappa shape index (κ2) is 9.84. The van der Waals surface area contributed by atoms with Crippen molar-refractivity contribution >= 4 is 50.7 Å². The van der Waals surface area contributed by atoms with Crippen molar-refractivity contribution in [3.63, 3.8) is 0 Å². The molecule has 0 saturated carbocycles. The zero-order valence-corrected chi connectivity index (χ0v) is 20.5. The first-order valence-corrected chi connectivity index (χ1v) is 13.1. The summed E-state index contributed by atoms with van der Waals surface area (Å²) in [5, 5.41) is 7.60. The summed E-state index contributed by atoms with van der Waals surface area (Å²) in [5.41, 5.74) is 5.93. The number of rotatable bonds is 6. The van der Waals surface area contributed by atoms with Gasteiger partial charge in [0, 0.05) is 0 Å². The Balaban J connectivity index is 2.11. The van der Waals surface area contributed by atoms with Crippen LogP contribution in [0.4, 0.5) is 13.2 Å². The number of hydrogen-bond donors (Lipinski definition) is 2. The van der Waals surface area contributed by atoms with Gasteiger partial charge in [0.1, 0.15) is 5.84 Å². The lowest BCUT2D eigenvalue weighted by Gasteiger charge is -2.14. The number of carbonyl (C=O) groups excluding carboxylic acids is 2. The van der Waals surface area contributed by atoms with Crippen LogP contribution in [0.5, 0.6) is 0 Å². The molecule has 0 atom stereocenters. The van der Waals surface area contributed by atoms with E-state index in [0.29, 0.717) is 9.77 Å². The Bertz CT molecular complexity index is 1450. The van der Waals surface area contributed by atoms with E-state index in [1.807, 2.05) is 0 Å². The van der Waals surface area contributed by atoms with Crippen molar-refractivity contribution in [2.75, 3.05) is 6.26 Å². The molecule has 0 spiro atoms. The highest BCUT2D eigenvalue weighted by Crippen LogP contribution is 2.38. The maximum Gasteiger partial charge on any atom is 0.491 e. The molecule has 0 aliphatic carbocycles. The van der Waals surface area contributed by atoms with E-state index in [1.165, 1.54) is 54.2 Å². The molecule has 0 aliphatic rings. The molecule has 3 aromatic rings. The molecule has 3 N–H and O–H groups in total. The number of thioether (sulfide) groups is 1. The number of esters is 2. The molecule has 1 heterocycles. The van der Waals surface area contributed by atoms with Crippen LogP contribution in [0.1, 0.15) is 20.8 Å². The van der Waals surface area contributed by atoms with Crippen LogP contribution in [-0.4, -0.2) is 38.6 Å². The number of carbonyl (C=O) groups is 2. The zero-order valence-electron chi connectivity index (χ0n) is 18.1. The van der Waals surface area contributed by atoms with E-state index in [9.17, 15) is 31.2 Å². The third-order valence-corrected chi connectivity index (χ3v) is 9.09. The number of sulfone groups is 1. The van der Waals surface area contributed by atoms with Crippen molar-refractivity contribution in [2.24, 2.45) is 5.73 Å². The van der Waals surface area contributed by atoms with Gasteiger partial charge in [-0.2, -0.15) is 13.2 Å². The van der Waals surface area contributed by atoms with Gasteiger partial charge in [-0.25, -0.2) is 18.0 Å². The van der Waals surface area contributed by atoms with Crippen LogP contribution in [-0.2, 0) is 19.4 Å². The van der Waals surface area contributed by atoms with Gasteiger partial charge >= 0.3 is 18.1 Å². The van der Waals surface area contributed by atoms with Crippen molar-refractivity contribution in [3.8, 4) is 11.1 Å². The van der Waals surface area contributed by atoms with Crippen LogP contribution in [0, 0.1) is 12.3 Å². The Labute approximate surface area is 206 Å². The number of hydrogen-bond acceptors (Lipinski definition) is 8. The second-order valence-corrected chi connectivity index (χ2v) is 11.1. The van der Waals surface area contributed by atoms with E-state index in [4.69, 9.17) is 11.1 Å². The fourth-order valence-corrected chi connectivity index (χ4v) is 7.09. The van der Waals surface area contributed by atoms with E-state index in [0.717, 1.165) is 11.3 Å². The van der Waals surface area contributed by atoms with E-state index in [-0.39, 0.29) is 37.2 Å². The van der Waals surface area contributed by atoms with Crippen LogP contribution < -0.4 is 5.73 Å². The van der Waals surface area contributed by atoms with Crippen molar-refractivity contribution in [1.82, 2.24) is 0 Å². The standard InChI is InChI=1S/C22H17F3N2O5S3/c1-11-5-3-8-14(19(28)32-21(29)22(23,24)25)17(11)12-6-4-7-13(9-12)35(30,31)16-10-15(18(26)27)34-20(16)33-2/h3-10H,1-2H3,(H3,26,27). The fourth-order valence-electron chi connectivity index (χ4n) is 3.18. The summed E-state index contributed by atoms with van der Waals surface area (Å²) < 4.78 is 68.9. The summed E-state index contributed by atoms with van der Waals surface area (Å²) in [4.78, 5) is 23.7. The van der Waals surface area contributed by atoms with Gasteiger partial charge in [0.25, 0.3) is 0 Å². The van der Waals surface area contributed by atoms with Gasteiger partial charge in [0.2, 0.25) is 9.84 Å². The van der Waals surface area contributed by atoms with Crippen molar-refractivity contribution < 1.29 is 35.9 Å². The maximum atomic E-state index is 13.4. The lowest BCUT2D eigenvalue weighted by Crippen LogP contribution is -2.28. The molecule has 0 amide bonds. The topological polar surface area (TPSA) is 127 Å². The largest absolute Gasteiger partial charge is 0.491 e. The molecule has 0 saturated heterocycles. The number of aryl methyl sites for hydroxylation is 1. The van der Waals surface area contributed by atoms with Gasteiger partial charge in [-0.15, -0.1) is 23.1 Å². The number of alkyl halides is 3. The van der Waals surface area contributed by atoms with Crippen molar-refractivity contribution in [1.29, 1.82) is 5.41 Å². The van der Waals surface area contributed by atoms with Gasteiger partial charge in [-0.1, -0.05) is 24.3 Å². The number of amidine groups is 1. The molecule has 0 bridgehead atoms. The molecule has 184 valence electrons. The lowest BCUT2D eigenvalue weighted by molar-refractivity contribution is -0.193. The van der Waals surface area contributed by atoms with Gasteiger partial charge in [-0.3, -0.25) is 5.41 Å². The number of ether oxygens (including phenoxy) is 1. The van der Waals surface area contributed by atoms with Crippen LogP contribution in [0.3, 0.4) is 0 Å². The van der Waals surface area contributed by atoms with Crippen LogP contribution in [0.2, 0.25) is 0 Å². The average molecular weight is 543 g/mol. The number of thiophene rings is 1. The Morgan fingerprint density at radius 2 is 1.77 bits per heavy atom. The summed E-state index contributed by atoms with van der Waals surface area (Å²) >= 11 is 2.23. The molecule has 13 heteroatoms. The van der Waals surface area contributed by atoms with Crippen LogP contribution >= 0.6 is 23.1 Å². The highest BCUT2D eigenvalue weighted by molar-refractivity contribution is 8.01. The first-order valence-electron chi connectivity index (χ1n) is 9.58. The summed E-state index contributed by atoms with van der Waals surface area (Å²) in [6, 6.07) is 11.0. The van der Waals surface area contributed by atoms with Crippen molar-refractivity contribution in [3.05, 3.63) is 64.5 Å². The molecule has 0 radical (unpaired) electrons. The zero-order chi connectivity index (χ0) is 26.1. The summed E-state index contributed by atoms with van der Waals surface area (Å²) in [6.45, 7) is 1.57. The summed E-state index contributed by atoms with van der Waals surface area (Å²) in [7, 11) is -4.09. The fraction of sp³-hybridized carbons (Fsp3) is 0.136. The van der Waals surface area contributed by atoms with Crippen molar-refractivity contribution in [2.45, 2.75) is 27.1 Å². The molecule has 0 unspecified atom stereocenters. The van der Waals surface area contributed by atoms with Gasteiger partial charge in [0.05, 0.1) is 24.4 Å². The van der Waals surface area contributed by atoms with E-state index >= 15 is 0 Å². The predicted molar refractivity (Wildman–Crippen MR) is 126 cm³/mol. The normalized spacial score (nSPS) is 11.8. The minimum absolute atomic E-state index is 0.0439. The number of halogens is 3. The summed E-state index contributed by atoms with van der Waals surface area (Å²) in [5.74, 6) is -4.46. The highest BCUT2D eigenvalue weighted by Gasteiger charge is 2.43. The first kappa shape index (κ1) is 26.4. The summed E-state index contributed by atoms with van der Waals surface area (Å²) in [6.07, 6.45) is -3.68. The Kier molecular flexibility index (Phi) is 7.43. The van der Waals surface area contributed by atoms with Crippen LogP contribution in [0.15, 0.2) is 62.5 Å². The Morgan fingerprint density at radius 3 is 2.37 bits per heavy atom. The SMILES string of the molecule is CSc1sc(C(=N)N)cc1S(=O)(=O)c1cccc(-c2c(C)cccc2C(=O)OC(=O)C(F)(F)F)c1. The van der Waals surface area contributed by atoms with E-state index in [1.54, 1.807) is 19.2 Å². The minimum atomic E-state index is -5.36. The number of nitrogen functional groups attached to an aromatic ring is 1. The van der Waals surface area contributed by atoms with Gasteiger partial charge in [-0.05, 0) is 54.1 Å². The predicted octanol–water partition coefficient (Wildman–Crippen LogP) is 4.81. The van der Waals surface area contributed by atoms with Crippen LogP contribution in [0.25, 0.3) is 11.1 Å². The Hall–Kier alpha value is -3.16. The third kappa shape index (κ3) is 5.41. The minimum Gasteiger partial charge on any atom is -0.383 e. The average Bonchev–Trinajstić information content (AvgIpc) is 3.24. The number of nitrogens with two attached hydrogens (primary N) is 1. The molecule has 35 heavy (non-hydrogen) atoms. The van der Waals surface area contributed by atoms with E-state index in [2.05, 4.69) is 4.74 Å². The molecule has 0 fully saturated rings.